The minimum atomic E-state index is 0.756. The van der Waals surface area contributed by atoms with Crippen LogP contribution in [-0.4, -0.2) is 0 Å². The number of hydrogen-bond acceptors (Lipinski definition) is 0. The molecular weight excluding hydrogens is 769 g/mol. The third kappa shape index (κ3) is 9.46. The quantitative estimate of drug-likeness (QED) is 0.155. The number of hydrogen-bond donors (Lipinski definition) is 0. The molecule has 1 aliphatic carbocycles. The second-order valence-electron chi connectivity index (χ2n) is 14.9. The van der Waals surface area contributed by atoms with Gasteiger partial charge in [-0.25, -0.2) is 0 Å². The Morgan fingerprint density at radius 1 is 0.156 bits per heavy atom. The lowest BCUT2D eigenvalue weighted by Gasteiger charge is -2.27. The molecule has 0 unspecified atom stereocenters. The number of benzene rings is 8. The second-order valence-corrected chi connectivity index (χ2v) is 14.9. The maximum atomic E-state index is 3.83. The molecule has 0 spiro atoms. The highest BCUT2D eigenvalue weighted by atomic mass is 14.3. The van der Waals surface area contributed by atoms with E-state index in [-0.39, 0.29) is 0 Å². The summed E-state index contributed by atoms with van der Waals surface area (Å²) in [6.07, 6.45) is 0. The number of allylic oxidation sites excluding steroid dienone is 8. The molecule has 8 aromatic rings. The van der Waals surface area contributed by atoms with Crippen molar-refractivity contribution in [2.24, 2.45) is 0 Å². The van der Waals surface area contributed by atoms with Crippen molar-refractivity contribution in [2.75, 3.05) is 0 Å². The van der Waals surface area contributed by atoms with E-state index in [1.54, 1.807) is 0 Å². The Balaban J connectivity index is 1.59. The number of rotatable bonds is 4. The monoisotopic (exact) mass is 808 g/mol. The predicted octanol–water partition coefficient (Wildman–Crippen LogP) is 14.0. The predicted molar refractivity (Wildman–Crippen MR) is 267 cm³/mol. The van der Waals surface area contributed by atoms with Gasteiger partial charge in [0.2, 0.25) is 0 Å². The zero-order chi connectivity index (χ0) is 43.2. The maximum absolute atomic E-state index is 3.83. The topological polar surface area (TPSA) is 0 Å². The summed E-state index contributed by atoms with van der Waals surface area (Å²) < 4.78 is 0. The first kappa shape index (κ1) is 40.4. The lowest BCUT2D eigenvalue weighted by Crippen LogP contribution is -2.09. The third-order valence-corrected chi connectivity index (χ3v) is 10.7. The molecule has 0 N–H and O–H groups in total. The molecule has 0 aliphatic heterocycles. The molecule has 0 amide bonds. The van der Waals surface area contributed by atoms with Crippen molar-refractivity contribution < 1.29 is 0 Å². The highest BCUT2D eigenvalue weighted by molar-refractivity contribution is 6.19. The van der Waals surface area contributed by atoms with Crippen LogP contribution >= 0.6 is 0 Å². The Bertz CT molecular complexity index is 3290. The van der Waals surface area contributed by atoms with Gasteiger partial charge in [0, 0.05) is 61.3 Å². The Labute approximate surface area is 377 Å². The maximum Gasteiger partial charge on any atom is 0.0503 e. The standard InChI is InChI=1S/C64H40/c1-9-25-49(26-10-1)41-45-57-58(46-42-50-27-11-2-12-28-50)63(55-37-21-7-22-38-55)64(56-39-23-8-24-40-56)60(48-44-52-31-15-4-16-32-52)62(54-35-19-6-20-36-54)59(47-43-51-29-13-3-14-30-51)61(57)53-33-17-5-18-34-53/h1-40H/b58-57?,61-57-,61-59?,62-59-,62-60?,63-58-,64-60-,64-63?. The van der Waals surface area contributed by atoms with Gasteiger partial charge in [-0.3, -0.25) is 0 Å². The van der Waals surface area contributed by atoms with E-state index in [9.17, 15) is 0 Å². The molecule has 0 fully saturated rings. The molecule has 0 bridgehead atoms. The van der Waals surface area contributed by atoms with Crippen LogP contribution in [0.25, 0.3) is 22.3 Å². The van der Waals surface area contributed by atoms with E-state index in [4.69, 9.17) is 0 Å². The zero-order valence-electron chi connectivity index (χ0n) is 35.1. The van der Waals surface area contributed by atoms with Gasteiger partial charge in [0.15, 0.2) is 0 Å². The summed E-state index contributed by atoms with van der Waals surface area (Å²) in [7, 11) is 0. The van der Waals surface area contributed by atoms with Crippen LogP contribution in [0.2, 0.25) is 0 Å². The first-order valence-electron chi connectivity index (χ1n) is 21.3. The van der Waals surface area contributed by atoms with Gasteiger partial charge in [-0.15, -0.1) is 0 Å². The largest absolute Gasteiger partial charge is 0.0622 e. The SMILES string of the molecule is C(#Cc1ccccc1)C1=C(c2ccccc2)/C(C#Cc2ccccc2)=C(c2ccccc2)\C(C#Cc2ccccc2)=C(c2ccccc2)/C(c2ccccc2)=C\1C#Cc1ccccc1. The highest BCUT2D eigenvalue weighted by Gasteiger charge is 2.30. The molecule has 8 aromatic carbocycles. The molecule has 0 atom stereocenters. The van der Waals surface area contributed by atoms with E-state index in [0.717, 1.165) is 89.1 Å². The van der Waals surface area contributed by atoms with Gasteiger partial charge < -0.3 is 0 Å². The minimum absolute atomic E-state index is 0.756. The van der Waals surface area contributed by atoms with E-state index in [0.29, 0.717) is 0 Å². The Hall–Kier alpha value is -9.04. The molecule has 9 rings (SSSR count). The normalized spacial score (nSPS) is 16.8. The zero-order valence-corrected chi connectivity index (χ0v) is 35.1. The van der Waals surface area contributed by atoms with Crippen molar-refractivity contribution in [1.82, 2.24) is 0 Å². The lowest BCUT2D eigenvalue weighted by atomic mass is 9.74. The summed E-state index contributed by atoms with van der Waals surface area (Å²) in [5.41, 5.74) is 14.2. The van der Waals surface area contributed by atoms with E-state index < -0.39 is 0 Å². The summed E-state index contributed by atoms with van der Waals surface area (Å²) in [4.78, 5) is 0. The van der Waals surface area contributed by atoms with Crippen LogP contribution in [0, 0.1) is 47.4 Å². The van der Waals surface area contributed by atoms with Gasteiger partial charge in [-0.2, -0.15) is 0 Å². The first-order valence-corrected chi connectivity index (χ1v) is 21.3. The molecule has 0 saturated carbocycles. The van der Waals surface area contributed by atoms with Crippen molar-refractivity contribution in [3.63, 3.8) is 0 Å². The fourth-order valence-corrected chi connectivity index (χ4v) is 7.70. The van der Waals surface area contributed by atoms with E-state index in [2.05, 4.69) is 175 Å². The smallest absolute Gasteiger partial charge is 0.0503 e. The molecular formula is C64H40. The van der Waals surface area contributed by atoms with Gasteiger partial charge >= 0.3 is 0 Å². The van der Waals surface area contributed by atoms with Gasteiger partial charge in [-0.05, 0) is 70.8 Å². The molecule has 0 aromatic heterocycles. The lowest BCUT2D eigenvalue weighted by molar-refractivity contribution is 1.47. The molecule has 0 saturated heterocycles. The summed E-state index contributed by atoms with van der Waals surface area (Å²) >= 11 is 0. The third-order valence-electron chi connectivity index (χ3n) is 10.7. The summed E-state index contributed by atoms with van der Waals surface area (Å²) in [6.45, 7) is 0. The molecule has 296 valence electrons. The molecule has 0 heteroatoms. The van der Waals surface area contributed by atoms with Gasteiger partial charge in [0.05, 0.1) is 5.57 Å². The van der Waals surface area contributed by atoms with E-state index in [1.165, 1.54) is 0 Å². The summed E-state index contributed by atoms with van der Waals surface area (Å²) in [6, 6.07) is 82.8. The molecule has 1 aliphatic rings. The van der Waals surface area contributed by atoms with Crippen LogP contribution in [0.5, 0.6) is 0 Å². The van der Waals surface area contributed by atoms with Crippen LogP contribution in [0.3, 0.4) is 0 Å². The van der Waals surface area contributed by atoms with Crippen LogP contribution in [-0.2, 0) is 0 Å². The summed E-state index contributed by atoms with van der Waals surface area (Å²) in [5.74, 6) is 29.7. The molecule has 0 radical (unpaired) electrons. The average Bonchev–Trinajstić information content (AvgIpc) is 3.37. The van der Waals surface area contributed by atoms with Gasteiger partial charge in [0.1, 0.15) is 0 Å². The Kier molecular flexibility index (Phi) is 12.6. The van der Waals surface area contributed by atoms with Crippen molar-refractivity contribution in [3.8, 4) is 47.4 Å². The van der Waals surface area contributed by atoms with Crippen molar-refractivity contribution in [2.45, 2.75) is 0 Å². The molecule has 0 heterocycles. The van der Waals surface area contributed by atoms with Crippen LogP contribution in [0.15, 0.2) is 265 Å². The van der Waals surface area contributed by atoms with E-state index in [1.807, 2.05) is 115 Å². The fourth-order valence-electron chi connectivity index (χ4n) is 7.70. The summed E-state index contributed by atoms with van der Waals surface area (Å²) in [5, 5.41) is 0. The average molecular weight is 809 g/mol. The van der Waals surface area contributed by atoms with Crippen molar-refractivity contribution in [1.29, 1.82) is 0 Å². The second kappa shape index (κ2) is 20.0. The Morgan fingerprint density at radius 2 is 0.344 bits per heavy atom. The molecule has 64 heavy (non-hydrogen) atoms. The first-order chi connectivity index (χ1) is 31.8. The Morgan fingerprint density at radius 3 is 0.641 bits per heavy atom. The minimum Gasteiger partial charge on any atom is -0.0622 e. The highest BCUT2D eigenvalue weighted by Crippen LogP contribution is 2.48. The van der Waals surface area contributed by atoms with Crippen molar-refractivity contribution in [3.05, 3.63) is 309 Å². The van der Waals surface area contributed by atoms with Gasteiger partial charge in [0.25, 0.3) is 0 Å². The van der Waals surface area contributed by atoms with E-state index >= 15 is 0 Å². The van der Waals surface area contributed by atoms with Crippen molar-refractivity contribution >= 4 is 22.3 Å². The fraction of sp³-hybridized carbons (Fsp3) is 0. The molecule has 0 nitrogen and oxygen atoms in total. The van der Waals surface area contributed by atoms with Crippen LogP contribution in [0.1, 0.15) is 44.5 Å². The van der Waals surface area contributed by atoms with Gasteiger partial charge in [-0.1, -0.05) is 241 Å². The van der Waals surface area contributed by atoms with Crippen LogP contribution in [0.4, 0.5) is 0 Å². The van der Waals surface area contributed by atoms with Crippen LogP contribution < -0.4 is 0 Å².